The van der Waals surface area contributed by atoms with Crippen molar-refractivity contribution < 1.29 is 4.79 Å². The number of alkyl halides is 1. The van der Waals surface area contributed by atoms with Crippen LogP contribution in [0.2, 0.25) is 0 Å². The van der Waals surface area contributed by atoms with Crippen LogP contribution in [0.25, 0.3) is 0 Å². The zero-order valence-electron chi connectivity index (χ0n) is 11.6. The molecule has 0 spiro atoms. The second kappa shape index (κ2) is 4.47. The molecule has 2 nitrogen and oxygen atoms in total. The Morgan fingerprint density at radius 1 is 1.11 bits per heavy atom. The lowest BCUT2D eigenvalue weighted by atomic mass is 9.49. The Labute approximate surface area is 124 Å². The van der Waals surface area contributed by atoms with Gasteiger partial charge in [-0.3, -0.25) is 4.79 Å². The molecule has 5 rings (SSSR count). The zero-order valence-corrected chi connectivity index (χ0v) is 13.2. The molecular weight excluding hydrogens is 302 g/mol. The topological polar surface area (TPSA) is 20.3 Å². The molecule has 19 heavy (non-hydrogen) atoms. The molecule has 3 heteroatoms. The molecule has 1 aliphatic heterocycles. The number of hydrogen-bond donors (Lipinski definition) is 0. The van der Waals surface area contributed by atoms with Crippen LogP contribution in [0.4, 0.5) is 0 Å². The summed E-state index contributed by atoms with van der Waals surface area (Å²) in [6.07, 6.45) is 10.5. The third kappa shape index (κ3) is 2.26. The van der Waals surface area contributed by atoms with Crippen molar-refractivity contribution in [3.63, 3.8) is 0 Å². The smallest absolute Gasteiger partial charge is 0.223 e. The highest BCUT2D eigenvalue weighted by Gasteiger charge is 2.51. The number of nitrogens with zero attached hydrogens (tertiary/aromatic N) is 1. The fourth-order valence-corrected chi connectivity index (χ4v) is 6.44. The van der Waals surface area contributed by atoms with Gasteiger partial charge in [0.05, 0.1) is 0 Å². The summed E-state index contributed by atoms with van der Waals surface area (Å²) in [4.78, 5) is 15.2. The van der Waals surface area contributed by atoms with Crippen molar-refractivity contribution in [1.29, 1.82) is 0 Å². The first-order valence-corrected chi connectivity index (χ1v) is 8.95. The molecule has 0 radical (unpaired) electrons. The van der Waals surface area contributed by atoms with Gasteiger partial charge in [0.1, 0.15) is 0 Å². The highest BCUT2D eigenvalue weighted by Crippen LogP contribution is 2.61. The molecule has 0 aromatic heterocycles. The summed E-state index contributed by atoms with van der Waals surface area (Å²) in [5.74, 6) is 3.33. The monoisotopic (exact) mass is 325 g/mol. The SMILES string of the molecule is O=C(CC12CC3CC(CC(C3)C1)C2)N1CCC(Br)C1. The summed E-state index contributed by atoms with van der Waals surface area (Å²) in [6.45, 7) is 1.91. The van der Waals surface area contributed by atoms with Gasteiger partial charge in [-0.25, -0.2) is 0 Å². The first kappa shape index (κ1) is 12.7. The van der Waals surface area contributed by atoms with Gasteiger partial charge in [0.15, 0.2) is 0 Å². The van der Waals surface area contributed by atoms with Crippen molar-refractivity contribution in [3.05, 3.63) is 0 Å². The van der Waals surface area contributed by atoms with Crippen molar-refractivity contribution in [2.75, 3.05) is 13.1 Å². The molecule has 1 atom stereocenters. The van der Waals surface area contributed by atoms with Gasteiger partial charge < -0.3 is 4.90 Å². The highest BCUT2D eigenvalue weighted by molar-refractivity contribution is 9.09. The first-order valence-electron chi connectivity index (χ1n) is 8.04. The van der Waals surface area contributed by atoms with E-state index in [1.165, 1.54) is 38.5 Å². The predicted octanol–water partition coefficient (Wildman–Crippen LogP) is 3.59. The van der Waals surface area contributed by atoms with Gasteiger partial charge >= 0.3 is 0 Å². The van der Waals surface area contributed by atoms with E-state index in [0.29, 0.717) is 16.1 Å². The maximum absolute atomic E-state index is 12.6. The van der Waals surface area contributed by atoms with Gasteiger partial charge in [-0.05, 0) is 68.1 Å². The molecule has 0 aromatic rings. The highest BCUT2D eigenvalue weighted by atomic mass is 79.9. The molecule has 1 amide bonds. The summed E-state index contributed by atoms with van der Waals surface area (Å²) in [5, 5.41) is 0. The van der Waals surface area contributed by atoms with Crippen LogP contribution in [0.3, 0.4) is 0 Å². The van der Waals surface area contributed by atoms with Crippen molar-refractivity contribution in [2.24, 2.45) is 23.2 Å². The number of carbonyl (C=O) groups is 1. The van der Waals surface area contributed by atoms with Crippen LogP contribution in [-0.2, 0) is 4.79 Å². The van der Waals surface area contributed by atoms with E-state index in [2.05, 4.69) is 20.8 Å². The van der Waals surface area contributed by atoms with Crippen LogP contribution in [0.5, 0.6) is 0 Å². The van der Waals surface area contributed by atoms with E-state index in [-0.39, 0.29) is 0 Å². The first-order chi connectivity index (χ1) is 9.12. The fraction of sp³-hybridized carbons (Fsp3) is 0.938. The number of hydrogen-bond acceptors (Lipinski definition) is 1. The molecule has 5 fully saturated rings. The second-order valence-electron chi connectivity index (χ2n) is 7.82. The average molecular weight is 326 g/mol. The van der Waals surface area contributed by atoms with Crippen LogP contribution >= 0.6 is 15.9 Å². The minimum Gasteiger partial charge on any atom is -0.342 e. The van der Waals surface area contributed by atoms with E-state index in [1.54, 1.807) is 0 Å². The van der Waals surface area contributed by atoms with Crippen molar-refractivity contribution >= 4 is 21.8 Å². The van der Waals surface area contributed by atoms with Gasteiger partial charge in [0, 0.05) is 24.3 Å². The molecule has 5 aliphatic rings. The summed E-state index contributed by atoms with van der Waals surface area (Å²) in [6, 6.07) is 0. The van der Waals surface area contributed by atoms with E-state index in [0.717, 1.165) is 43.7 Å². The van der Waals surface area contributed by atoms with Crippen molar-refractivity contribution in [1.82, 2.24) is 4.90 Å². The van der Waals surface area contributed by atoms with Crippen LogP contribution in [0, 0.1) is 23.2 Å². The summed E-state index contributed by atoms with van der Waals surface area (Å²) < 4.78 is 0. The molecule has 1 saturated heterocycles. The fourth-order valence-electron chi connectivity index (χ4n) is 5.88. The number of rotatable bonds is 2. The van der Waals surface area contributed by atoms with Crippen molar-refractivity contribution in [3.8, 4) is 0 Å². The van der Waals surface area contributed by atoms with Gasteiger partial charge in [0.25, 0.3) is 0 Å². The molecule has 4 saturated carbocycles. The molecular formula is C16H24BrNO. The molecule has 106 valence electrons. The Balaban J connectivity index is 1.46. The normalized spacial score (nSPS) is 47.9. The Kier molecular flexibility index (Phi) is 2.98. The summed E-state index contributed by atoms with van der Waals surface area (Å²) in [5.41, 5.74) is 0.413. The molecule has 4 aliphatic carbocycles. The Morgan fingerprint density at radius 2 is 1.68 bits per heavy atom. The standard InChI is InChI=1S/C16H24BrNO/c17-14-1-2-18(10-14)15(19)9-16-6-11-3-12(7-16)5-13(4-11)8-16/h11-14H,1-10H2. The third-order valence-corrected chi connectivity index (χ3v) is 6.92. The minimum absolute atomic E-state index is 0.413. The second-order valence-corrected chi connectivity index (χ2v) is 9.12. The van der Waals surface area contributed by atoms with Crippen LogP contribution in [0.1, 0.15) is 51.4 Å². The molecule has 0 N–H and O–H groups in total. The van der Waals surface area contributed by atoms with E-state index in [1.807, 2.05) is 0 Å². The van der Waals surface area contributed by atoms with E-state index in [4.69, 9.17) is 0 Å². The third-order valence-electron chi connectivity index (χ3n) is 6.17. The summed E-state index contributed by atoms with van der Waals surface area (Å²) in [7, 11) is 0. The number of carbonyl (C=O) groups excluding carboxylic acids is 1. The van der Waals surface area contributed by atoms with E-state index < -0.39 is 0 Å². The molecule has 1 unspecified atom stereocenters. The maximum Gasteiger partial charge on any atom is 0.223 e. The lowest BCUT2D eigenvalue weighted by Gasteiger charge is -2.56. The van der Waals surface area contributed by atoms with E-state index in [9.17, 15) is 4.79 Å². The quantitative estimate of drug-likeness (QED) is 0.710. The maximum atomic E-state index is 12.6. The van der Waals surface area contributed by atoms with Crippen molar-refractivity contribution in [2.45, 2.75) is 56.2 Å². The van der Waals surface area contributed by atoms with Gasteiger partial charge in [0.2, 0.25) is 5.91 Å². The molecule has 4 bridgehead atoms. The van der Waals surface area contributed by atoms with Gasteiger partial charge in [-0.1, -0.05) is 15.9 Å². The van der Waals surface area contributed by atoms with Crippen LogP contribution < -0.4 is 0 Å². The predicted molar refractivity (Wildman–Crippen MR) is 79.1 cm³/mol. The number of halogens is 1. The number of amides is 1. The minimum atomic E-state index is 0.413. The summed E-state index contributed by atoms with van der Waals surface area (Å²) >= 11 is 3.65. The molecule has 1 heterocycles. The Morgan fingerprint density at radius 3 is 2.16 bits per heavy atom. The Hall–Kier alpha value is -0.0500. The lowest BCUT2D eigenvalue weighted by Crippen LogP contribution is -2.48. The zero-order chi connectivity index (χ0) is 13.0. The van der Waals surface area contributed by atoms with Gasteiger partial charge in [-0.2, -0.15) is 0 Å². The Bertz CT molecular complexity index is 359. The largest absolute Gasteiger partial charge is 0.342 e. The number of likely N-dealkylation sites (tertiary alicyclic amines) is 1. The van der Waals surface area contributed by atoms with Gasteiger partial charge in [-0.15, -0.1) is 0 Å². The molecule has 0 aromatic carbocycles. The van der Waals surface area contributed by atoms with Crippen LogP contribution in [-0.4, -0.2) is 28.7 Å². The lowest BCUT2D eigenvalue weighted by molar-refractivity contribution is -0.138. The van der Waals surface area contributed by atoms with E-state index >= 15 is 0 Å². The average Bonchev–Trinajstić information content (AvgIpc) is 2.73. The van der Waals surface area contributed by atoms with Crippen LogP contribution in [0.15, 0.2) is 0 Å².